The quantitative estimate of drug-likeness (QED) is 0.926. The maximum absolute atomic E-state index is 13.1. The Bertz CT molecular complexity index is 584. The second-order valence-electron chi connectivity index (χ2n) is 4.95. The van der Waals surface area contributed by atoms with Crippen LogP contribution < -0.4 is 4.90 Å². The largest absolute Gasteiger partial charge is 0.388 e. The summed E-state index contributed by atoms with van der Waals surface area (Å²) in [5.41, 5.74) is 2.71. The third-order valence-corrected chi connectivity index (χ3v) is 3.50. The molecule has 0 aliphatic carbocycles. The van der Waals surface area contributed by atoms with Gasteiger partial charge in [0.05, 0.1) is 11.1 Å². The van der Waals surface area contributed by atoms with E-state index in [1.165, 1.54) is 6.07 Å². The average Bonchev–Trinajstić information content (AvgIpc) is 2.43. The molecule has 1 atom stereocenters. The molecule has 0 aromatic heterocycles. The minimum Gasteiger partial charge on any atom is -0.388 e. The van der Waals surface area contributed by atoms with E-state index < -0.39 is 11.9 Å². The van der Waals surface area contributed by atoms with Gasteiger partial charge in [-0.3, -0.25) is 0 Å². The van der Waals surface area contributed by atoms with Gasteiger partial charge in [0.2, 0.25) is 0 Å². The van der Waals surface area contributed by atoms with Gasteiger partial charge in [-0.05, 0) is 35.4 Å². The third kappa shape index (κ3) is 3.50. The predicted octanol–water partition coefficient (Wildman–Crippen LogP) is 3.82. The van der Waals surface area contributed by atoms with E-state index in [0.29, 0.717) is 6.42 Å². The molecular weight excluding hydrogens is 277 g/mol. The van der Waals surface area contributed by atoms with Crippen LogP contribution in [0.4, 0.5) is 10.1 Å². The second kappa shape index (κ2) is 6.25. The maximum Gasteiger partial charge on any atom is 0.141 e. The Morgan fingerprint density at radius 2 is 1.80 bits per heavy atom. The number of aliphatic hydroxyl groups excluding tert-OH is 1. The molecule has 2 aromatic rings. The second-order valence-corrected chi connectivity index (χ2v) is 5.36. The number of aliphatic hydroxyl groups is 1. The highest BCUT2D eigenvalue weighted by atomic mass is 35.5. The van der Waals surface area contributed by atoms with Crippen molar-refractivity contribution < 1.29 is 9.50 Å². The fourth-order valence-electron chi connectivity index (χ4n) is 2.00. The SMILES string of the molecule is CN(C)c1ccc(C(O)Cc2ccc(F)c(Cl)c2)cc1. The van der Waals surface area contributed by atoms with Crippen molar-refractivity contribution in [3.8, 4) is 0 Å². The van der Waals surface area contributed by atoms with E-state index in [-0.39, 0.29) is 5.02 Å². The van der Waals surface area contributed by atoms with Crippen molar-refractivity contribution in [2.24, 2.45) is 0 Å². The molecule has 20 heavy (non-hydrogen) atoms. The van der Waals surface area contributed by atoms with Crippen LogP contribution in [0.1, 0.15) is 17.2 Å². The number of hydrogen-bond donors (Lipinski definition) is 1. The first-order valence-corrected chi connectivity index (χ1v) is 6.74. The van der Waals surface area contributed by atoms with E-state index >= 15 is 0 Å². The van der Waals surface area contributed by atoms with Crippen LogP contribution in [-0.2, 0) is 6.42 Å². The molecule has 1 unspecified atom stereocenters. The van der Waals surface area contributed by atoms with Gasteiger partial charge in [0, 0.05) is 26.2 Å². The molecule has 0 aliphatic rings. The normalized spacial score (nSPS) is 12.2. The summed E-state index contributed by atoms with van der Waals surface area (Å²) < 4.78 is 13.1. The van der Waals surface area contributed by atoms with Crippen LogP contribution in [0, 0.1) is 5.82 Å². The Labute approximate surface area is 123 Å². The Morgan fingerprint density at radius 1 is 1.15 bits per heavy atom. The fourth-order valence-corrected chi connectivity index (χ4v) is 2.21. The first kappa shape index (κ1) is 14.8. The van der Waals surface area contributed by atoms with E-state index in [9.17, 15) is 9.50 Å². The summed E-state index contributed by atoms with van der Waals surface area (Å²) >= 11 is 5.74. The molecule has 0 saturated heterocycles. The summed E-state index contributed by atoms with van der Waals surface area (Å²) in [5, 5.41) is 10.3. The van der Waals surface area contributed by atoms with Crippen molar-refractivity contribution in [2.45, 2.75) is 12.5 Å². The lowest BCUT2D eigenvalue weighted by atomic mass is 10.0. The first-order chi connectivity index (χ1) is 9.47. The molecule has 0 saturated carbocycles. The van der Waals surface area contributed by atoms with Crippen molar-refractivity contribution >= 4 is 17.3 Å². The Balaban J connectivity index is 2.10. The molecule has 1 N–H and O–H groups in total. The molecule has 106 valence electrons. The zero-order valence-corrected chi connectivity index (χ0v) is 12.2. The number of nitrogens with zero attached hydrogens (tertiary/aromatic N) is 1. The number of rotatable bonds is 4. The Morgan fingerprint density at radius 3 is 2.35 bits per heavy atom. The molecule has 0 radical (unpaired) electrons. The summed E-state index contributed by atoms with van der Waals surface area (Å²) in [7, 11) is 3.93. The van der Waals surface area contributed by atoms with Gasteiger partial charge in [-0.2, -0.15) is 0 Å². The third-order valence-electron chi connectivity index (χ3n) is 3.21. The van der Waals surface area contributed by atoms with Crippen molar-refractivity contribution in [3.63, 3.8) is 0 Å². The van der Waals surface area contributed by atoms with Crippen molar-refractivity contribution in [2.75, 3.05) is 19.0 Å². The van der Waals surface area contributed by atoms with Crippen LogP contribution >= 0.6 is 11.6 Å². The lowest BCUT2D eigenvalue weighted by Crippen LogP contribution is -2.09. The van der Waals surface area contributed by atoms with Crippen molar-refractivity contribution in [1.82, 2.24) is 0 Å². The molecule has 2 rings (SSSR count). The minimum absolute atomic E-state index is 0.0812. The molecule has 0 aliphatic heterocycles. The maximum atomic E-state index is 13.1. The van der Waals surface area contributed by atoms with Crippen LogP contribution in [0.25, 0.3) is 0 Å². The highest BCUT2D eigenvalue weighted by Crippen LogP contribution is 2.23. The van der Waals surface area contributed by atoms with Crippen molar-refractivity contribution in [1.29, 1.82) is 0 Å². The first-order valence-electron chi connectivity index (χ1n) is 6.36. The van der Waals surface area contributed by atoms with E-state index in [1.54, 1.807) is 12.1 Å². The van der Waals surface area contributed by atoms with Crippen LogP contribution in [0.15, 0.2) is 42.5 Å². The highest BCUT2D eigenvalue weighted by Gasteiger charge is 2.10. The van der Waals surface area contributed by atoms with Gasteiger partial charge in [0.15, 0.2) is 0 Å². The van der Waals surface area contributed by atoms with Crippen molar-refractivity contribution in [3.05, 3.63) is 64.4 Å². The van der Waals surface area contributed by atoms with Gasteiger partial charge in [0.25, 0.3) is 0 Å². The van der Waals surface area contributed by atoms with Gasteiger partial charge in [-0.1, -0.05) is 29.8 Å². The van der Waals surface area contributed by atoms with E-state index in [4.69, 9.17) is 11.6 Å². The Kier molecular flexibility index (Phi) is 4.63. The lowest BCUT2D eigenvalue weighted by Gasteiger charge is -2.15. The smallest absolute Gasteiger partial charge is 0.141 e. The number of anilines is 1. The van der Waals surface area contributed by atoms with Crippen LogP contribution in [0.5, 0.6) is 0 Å². The molecule has 0 bridgehead atoms. The summed E-state index contributed by atoms with van der Waals surface area (Å²) in [6.07, 6.45) is -0.228. The van der Waals surface area contributed by atoms with Gasteiger partial charge >= 0.3 is 0 Å². The molecule has 0 fully saturated rings. The molecular formula is C16H17ClFNO. The molecule has 0 spiro atoms. The fraction of sp³-hybridized carbons (Fsp3) is 0.250. The summed E-state index contributed by atoms with van der Waals surface area (Å²) in [5.74, 6) is -0.444. The molecule has 0 heterocycles. The average molecular weight is 294 g/mol. The zero-order valence-electron chi connectivity index (χ0n) is 11.5. The number of benzene rings is 2. The van der Waals surface area contributed by atoms with Gasteiger partial charge < -0.3 is 10.0 Å². The molecule has 2 nitrogen and oxygen atoms in total. The molecule has 4 heteroatoms. The zero-order chi connectivity index (χ0) is 14.7. The predicted molar refractivity (Wildman–Crippen MR) is 80.8 cm³/mol. The summed E-state index contributed by atoms with van der Waals surface area (Å²) in [4.78, 5) is 2.00. The lowest BCUT2D eigenvalue weighted by molar-refractivity contribution is 0.178. The number of halogens is 2. The topological polar surface area (TPSA) is 23.5 Å². The van der Waals surface area contributed by atoms with Crippen LogP contribution in [0.2, 0.25) is 5.02 Å². The van der Waals surface area contributed by atoms with E-state index in [2.05, 4.69) is 0 Å². The van der Waals surface area contributed by atoms with Crippen LogP contribution in [0.3, 0.4) is 0 Å². The van der Waals surface area contributed by atoms with E-state index in [1.807, 2.05) is 43.3 Å². The van der Waals surface area contributed by atoms with Gasteiger partial charge in [-0.25, -0.2) is 4.39 Å². The van der Waals surface area contributed by atoms with Crippen LogP contribution in [-0.4, -0.2) is 19.2 Å². The minimum atomic E-state index is -0.632. The summed E-state index contributed by atoms with van der Waals surface area (Å²) in [6.45, 7) is 0. The van der Waals surface area contributed by atoms with E-state index in [0.717, 1.165) is 16.8 Å². The molecule has 0 amide bonds. The molecule has 2 aromatic carbocycles. The standard InChI is InChI=1S/C16H17ClFNO/c1-19(2)13-6-4-12(5-7-13)16(20)10-11-3-8-15(18)14(17)9-11/h3-9,16,20H,10H2,1-2H3. The van der Waals surface area contributed by atoms with Gasteiger partial charge in [0.1, 0.15) is 5.82 Å². The monoisotopic (exact) mass is 293 g/mol. The number of hydrogen-bond acceptors (Lipinski definition) is 2. The highest BCUT2D eigenvalue weighted by molar-refractivity contribution is 6.30. The Hall–Kier alpha value is -1.58. The summed E-state index contributed by atoms with van der Waals surface area (Å²) in [6, 6.07) is 12.2. The van der Waals surface area contributed by atoms with Gasteiger partial charge in [-0.15, -0.1) is 0 Å².